The molecule has 0 bridgehead atoms. The number of ether oxygens (including phenoxy) is 1. The van der Waals surface area contributed by atoms with Crippen molar-refractivity contribution in [2.75, 3.05) is 6.61 Å². The zero-order valence-electron chi connectivity index (χ0n) is 18.3. The number of hydrogen-bond acceptors (Lipinski definition) is 6. The molecular formula is C23H27N7O2. The van der Waals surface area contributed by atoms with E-state index in [0.29, 0.717) is 30.5 Å². The Morgan fingerprint density at radius 3 is 2.75 bits per heavy atom. The predicted octanol–water partition coefficient (Wildman–Crippen LogP) is 3.26. The zero-order valence-corrected chi connectivity index (χ0v) is 18.3. The molecule has 9 heteroatoms. The minimum atomic E-state index is -0.594. The van der Waals surface area contributed by atoms with Gasteiger partial charge in [0.25, 0.3) is 5.91 Å². The van der Waals surface area contributed by atoms with Gasteiger partial charge in [-0.3, -0.25) is 9.48 Å². The standard InChI is InChI=1S/C23H27N7O2/c1-3-4-11-32-18-9-5-16(6-10-18)23(2)12-19(15-13-24-30(14-15)17-7-8-17)20(22(31)25-23)21-26-28-29-27-21/h5-6,9-10,13-14,17H,3-4,7-8,11-12H2,1-2H3,(H,25,31)(H,26,27,28,29)/t23-/m0/s1. The van der Waals surface area contributed by atoms with Crippen LogP contribution in [0, 0.1) is 0 Å². The van der Waals surface area contributed by atoms with Crippen molar-refractivity contribution in [3.05, 3.63) is 53.6 Å². The van der Waals surface area contributed by atoms with Crippen LogP contribution < -0.4 is 10.1 Å². The smallest absolute Gasteiger partial charge is 0.256 e. The monoisotopic (exact) mass is 433 g/mol. The quantitative estimate of drug-likeness (QED) is 0.528. The van der Waals surface area contributed by atoms with Crippen molar-refractivity contribution in [2.24, 2.45) is 0 Å². The SMILES string of the molecule is CCCCOc1ccc([C@]2(C)CC(c3cnn(C4CC4)c3)=C(c3nn[nH]n3)C(=O)N2)cc1. The van der Waals surface area contributed by atoms with E-state index in [9.17, 15) is 4.79 Å². The van der Waals surface area contributed by atoms with Crippen molar-refractivity contribution in [3.8, 4) is 5.75 Å². The van der Waals surface area contributed by atoms with E-state index < -0.39 is 5.54 Å². The number of tetrazole rings is 1. The average Bonchev–Trinajstić information content (AvgIpc) is 3.28. The number of unbranched alkanes of at least 4 members (excludes halogenated alkanes) is 1. The summed E-state index contributed by atoms with van der Waals surface area (Å²) < 4.78 is 7.78. The van der Waals surface area contributed by atoms with Crippen LogP contribution in [0.5, 0.6) is 5.75 Å². The molecule has 166 valence electrons. The highest BCUT2D eigenvalue weighted by Gasteiger charge is 2.40. The molecule has 2 N–H and O–H groups in total. The van der Waals surface area contributed by atoms with Crippen molar-refractivity contribution in [3.63, 3.8) is 0 Å². The van der Waals surface area contributed by atoms with Crippen molar-refractivity contribution in [1.29, 1.82) is 0 Å². The van der Waals surface area contributed by atoms with E-state index in [2.05, 4.69) is 38.0 Å². The third-order valence-electron chi connectivity index (χ3n) is 6.15. The molecule has 5 rings (SSSR count). The molecule has 1 aliphatic heterocycles. The number of hydrogen-bond donors (Lipinski definition) is 2. The van der Waals surface area contributed by atoms with Crippen molar-refractivity contribution in [1.82, 2.24) is 35.7 Å². The predicted molar refractivity (Wildman–Crippen MR) is 118 cm³/mol. The highest BCUT2D eigenvalue weighted by Crippen LogP contribution is 2.42. The van der Waals surface area contributed by atoms with E-state index in [1.807, 2.05) is 48.3 Å². The second-order valence-corrected chi connectivity index (χ2v) is 8.72. The fraction of sp³-hybridized carbons (Fsp3) is 0.435. The van der Waals surface area contributed by atoms with E-state index in [0.717, 1.165) is 48.1 Å². The number of benzene rings is 1. The molecule has 9 nitrogen and oxygen atoms in total. The third-order valence-corrected chi connectivity index (χ3v) is 6.15. The molecule has 2 aliphatic rings. The summed E-state index contributed by atoms with van der Waals surface area (Å²) in [5.41, 5.74) is 2.63. The molecule has 1 aliphatic carbocycles. The Labute approximate surface area is 186 Å². The first kappa shape index (κ1) is 20.4. The van der Waals surface area contributed by atoms with Gasteiger partial charge in [0.1, 0.15) is 5.75 Å². The number of carbonyl (C=O) groups excluding carboxylic acids is 1. The number of H-pyrrole nitrogens is 1. The Balaban J connectivity index is 1.49. The second kappa shape index (κ2) is 8.22. The first-order valence-electron chi connectivity index (χ1n) is 11.1. The Hall–Kier alpha value is -3.49. The normalized spacial score (nSPS) is 21.0. The number of nitrogens with zero attached hydrogens (tertiary/aromatic N) is 5. The second-order valence-electron chi connectivity index (χ2n) is 8.72. The molecule has 0 spiro atoms. The van der Waals surface area contributed by atoms with Crippen molar-refractivity contribution >= 4 is 17.1 Å². The lowest BCUT2D eigenvalue weighted by Gasteiger charge is -2.37. The van der Waals surface area contributed by atoms with Crippen LogP contribution in [-0.4, -0.2) is 42.9 Å². The number of amides is 1. The first-order chi connectivity index (χ1) is 15.6. The molecule has 1 fully saturated rings. The van der Waals surface area contributed by atoms with Gasteiger partial charge in [-0.1, -0.05) is 25.5 Å². The Morgan fingerprint density at radius 1 is 1.25 bits per heavy atom. The van der Waals surface area contributed by atoms with Gasteiger partial charge in [-0.05, 0) is 54.7 Å². The summed E-state index contributed by atoms with van der Waals surface area (Å²) >= 11 is 0. The number of carbonyl (C=O) groups is 1. The maximum atomic E-state index is 13.3. The molecule has 3 heterocycles. The van der Waals surface area contributed by atoms with Crippen LogP contribution in [0.25, 0.3) is 11.1 Å². The highest BCUT2D eigenvalue weighted by molar-refractivity contribution is 6.27. The molecule has 1 atom stereocenters. The van der Waals surface area contributed by atoms with Crippen LogP contribution in [0.3, 0.4) is 0 Å². The molecule has 0 unspecified atom stereocenters. The van der Waals surface area contributed by atoms with Gasteiger partial charge in [0.05, 0.1) is 30.0 Å². The van der Waals surface area contributed by atoms with Crippen LogP contribution in [0.1, 0.15) is 68.9 Å². The van der Waals surface area contributed by atoms with E-state index in [4.69, 9.17) is 4.74 Å². The van der Waals surface area contributed by atoms with Gasteiger partial charge in [-0.15, -0.1) is 10.2 Å². The lowest BCUT2D eigenvalue weighted by atomic mass is 9.79. The molecule has 1 aromatic carbocycles. The molecule has 3 aromatic rings. The molecule has 2 aromatic heterocycles. The maximum Gasteiger partial charge on any atom is 0.256 e. The summed E-state index contributed by atoms with van der Waals surface area (Å²) in [6.45, 7) is 4.88. The lowest BCUT2D eigenvalue weighted by molar-refractivity contribution is -0.117. The summed E-state index contributed by atoms with van der Waals surface area (Å²) in [4.78, 5) is 13.3. The van der Waals surface area contributed by atoms with Gasteiger partial charge in [0.15, 0.2) is 0 Å². The molecule has 32 heavy (non-hydrogen) atoms. The molecular weight excluding hydrogens is 406 g/mol. The number of rotatable bonds is 8. The minimum absolute atomic E-state index is 0.224. The van der Waals surface area contributed by atoms with E-state index in [-0.39, 0.29) is 5.91 Å². The van der Waals surface area contributed by atoms with Crippen LogP contribution in [0.4, 0.5) is 0 Å². The van der Waals surface area contributed by atoms with E-state index in [1.165, 1.54) is 0 Å². The largest absolute Gasteiger partial charge is 0.494 e. The van der Waals surface area contributed by atoms with E-state index in [1.54, 1.807) is 0 Å². The Kier molecular flexibility index (Phi) is 5.24. The fourth-order valence-electron chi connectivity index (χ4n) is 4.15. The number of aromatic nitrogens is 6. The van der Waals surface area contributed by atoms with Gasteiger partial charge >= 0.3 is 0 Å². The van der Waals surface area contributed by atoms with Gasteiger partial charge in [0, 0.05) is 18.2 Å². The van der Waals surface area contributed by atoms with Gasteiger partial charge < -0.3 is 10.1 Å². The summed E-state index contributed by atoms with van der Waals surface area (Å²) in [5.74, 6) is 0.901. The number of nitrogens with one attached hydrogen (secondary N) is 2. The summed E-state index contributed by atoms with van der Waals surface area (Å²) in [5, 5.41) is 22.0. The third kappa shape index (κ3) is 3.90. The molecule has 1 saturated carbocycles. The minimum Gasteiger partial charge on any atom is -0.494 e. The summed E-state index contributed by atoms with van der Waals surface area (Å²) in [6.07, 6.45) is 8.84. The summed E-state index contributed by atoms with van der Waals surface area (Å²) in [7, 11) is 0. The van der Waals surface area contributed by atoms with Crippen molar-refractivity contribution in [2.45, 2.75) is 57.5 Å². The van der Waals surface area contributed by atoms with Gasteiger partial charge in [-0.25, -0.2) is 0 Å². The van der Waals surface area contributed by atoms with Crippen LogP contribution in [0.15, 0.2) is 36.7 Å². The summed E-state index contributed by atoms with van der Waals surface area (Å²) in [6, 6.07) is 8.43. The van der Waals surface area contributed by atoms with Gasteiger partial charge in [-0.2, -0.15) is 10.3 Å². The van der Waals surface area contributed by atoms with Crippen LogP contribution in [-0.2, 0) is 10.3 Å². The molecule has 0 saturated heterocycles. The topological polar surface area (TPSA) is 111 Å². The first-order valence-corrected chi connectivity index (χ1v) is 11.1. The fourth-order valence-corrected chi connectivity index (χ4v) is 4.15. The Morgan fingerprint density at radius 2 is 2.06 bits per heavy atom. The van der Waals surface area contributed by atoms with Crippen LogP contribution in [0.2, 0.25) is 0 Å². The maximum absolute atomic E-state index is 13.3. The molecule has 1 amide bonds. The Bertz CT molecular complexity index is 1130. The van der Waals surface area contributed by atoms with E-state index >= 15 is 0 Å². The zero-order chi connectivity index (χ0) is 22.1. The highest BCUT2D eigenvalue weighted by atomic mass is 16.5. The average molecular weight is 434 g/mol. The van der Waals surface area contributed by atoms with Crippen LogP contribution >= 0.6 is 0 Å². The molecule has 0 radical (unpaired) electrons. The van der Waals surface area contributed by atoms with Gasteiger partial charge in [0.2, 0.25) is 5.82 Å². The number of aromatic amines is 1. The van der Waals surface area contributed by atoms with Crippen molar-refractivity contribution < 1.29 is 9.53 Å². The lowest BCUT2D eigenvalue weighted by Crippen LogP contribution is -2.47.